The molecule has 0 unspecified atom stereocenters. The summed E-state index contributed by atoms with van der Waals surface area (Å²) in [6, 6.07) is 0. The van der Waals surface area contributed by atoms with Gasteiger partial charge in [-0.1, -0.05) is 0 Å². The summed E-state index contributed by atoms with van der Waals surface area (Å²) in [6.07, 6.45) is 0. The molecule has 0 bridgehead atoms. The Kier molecular flexibility index (Phi) is 2.67. The van der Waals surface area contributed by atoms with Crippen LogP contribution in [0.3, 0.4) is 0 Å². The molecule has 0 spiro atoms. The van der Waals surface area contributed by atoms with Crippen LogP contribution in [0.2, 0.25) is 0 Å². The normalized spacial score (nSPS) is 25.3. The van der Waals surface area contributed by atoms with Crippen LogP contribution in [0.5, 0.6) is 0 Å². The van der Waals surface area contributed by atoms with Crippen LogP contribution >= 0.6 is 8.93 Å². The Morgan fingerprint density at radius 2 is 2.67 bits per heavy atom. The predicted molar refractivity (Wildman–Crippen MR) is 25.3 cm³/mol. The van der Waals surface area contributed by atoms with Crippen molar-refractivity contribution in [3.05, 3.63) is 0 Å². The quantitative estimate of drug-likeness (QED) is 0.268. The standard InChI is InChI=1S/C3H7INS/c1-2-6-4-3-5-1/h5H,1-3H2/q-1. The van der Waals surface area contributed by atoms with E-state index in [1.807, 2.05) is 0 Å². The first-order valence-electron chi connectivity index (χ1n) is 1.92. The molecule has 38 valence electrons. The van der Waals surface area contributed by atoms with Gasteiger partial charge in [-0.2, -0.15) is 0 Å². The second kappa shape index (κ2) is 3.10. The summed E-state index contributed by atoms with van der Waals surface area (Å²) < 4.78 is 1.32. The van der Waals surface area contributed by atoms with Crippen molar-refractivity contribution in [1.29, 1.82) is 0 Å². The predicted octanol–water partition coefficient (Wildman–Crippen LogP) is -2.72. The van der Waals surface area contributed by atoms with Crippen molar-refractivity contribution in [1.82, 2.24) is 5.32 Å². The van der Waals surface area contributed by atoms with Crippen molar-refractivity contribution in [2.75, 3.05) is 16.8 Å². The molecule has 0 aliphatic carbocycles. The molecule has 1 aliphatic heterocycles. The fourth-order valence-electron chi connectivity index (χ4n) is 0.309. The summed E-state index contributed by atoms with van der Waals surface area (Å²) in [7, 11) is 2.14. The van der Waals surface area contributed by atoms with E-state index in [1.54, 1.807) is 0 Å². The van der Waals surface area contributed by atoms with E-state index >= 15 is 0 Å². The summed E-state index contributed by atoms with van der Waals surface area (Å²) >= 11 is 0.520. The Labute approximate surface area is 51.0 Å². The van der Waals surface area contributed by atoms with Gasteiger partial charge >= 0.3 is 50.9 Å². The molecule has 1 nitrogen and oxygen atoms in total. The van der Waals surface area contributed by atoms with Gasteiger partial charge in [0.25, 0.3) is 0 Å². The fraction of sp³-hybridized carbons (Fsp3) is 1.00. The molecule has 0 aromatic heterocycles. The molecule has 1 fully saturated rings. The Balaban J connectivity index is 2.00. The summed E-state index contributed by atoms with van der Waals surface area (Å²) in [4.78, 5) is 0. The van der Waals surface area contributed by atoms with E-state index in [0.29, 0.717) is 19.8 Å². The van der Waals surface area contributed by atoms with Gasteiger partial charge in [0.05, 0.1) is 0 Å². The van der Waals surface area contributed by atoms with Gasteiger partial charge in [0.15, 0.2) is 0 Å². The zero-order valence-corrected chi connectivity index (χ0v) is 6.38. The number of hydrogen-bond acceptors (Lipinski definition) is 2. The molecule has 0 aromatic carbocycles. The van der Waals surface area contributed by atoms with Crippen molar-refractivity contribution in [3.8, 4) is 0 Å². The molecule has 3 heteroatoms. The second-order valence-electron chi connectivity index (χ2n) is 1.06. The number of hydrogen-bond donors (Lipinski definition) is 1. The molecular formula is C3H7INS-. The van der Waals surface area contributed by atoms with Crippen LogP contribution in [0, 0.1) is 0 Å². The topological polar surface area (TPSA) is 12.0 Å². The molecule has 1 aliphatic rings. The van der Waals surface area contributed by atoms with E-state index in [9.17, 15) is 0 Å². The van der Waals surface area contributed by atoms with Gasteiger partial charge in [-0.15, -0.1) is 0 Å². The van der Waals surface area contributed by atoms with Crippen LogP contribution in [0.25, 0.3) is 0 Å². The van der Waals surface area contributed by atoms with Gasteiger partial charge < -0.3 is 0 Å². The minimum absolute atomic E-state index is 0.520. The summed E-state index contributed by atoms with van der Waals surface area (Å²) in [5.74, 6) is 1.35. The maximum atomic E-state index is 3.31. The molecular weight excluding hydrogens is 209 g/mol. The van der Waals surface area contributed by atoms with Gasteiger partial charge in [-0.25, -0.2) is 0 Å². The van der Waals surface area contributed by atoms with Crippen molar-refractivity contribution in [2.24, 2.45) is 0 Å². The van der Waals surface area contributed by atoms with Crippen LogP contribution in [-0.4, -0.2) is 16.8 Å². The molecule has 0 aromatic rings. The Bertz CT molecular complexity index is 26.3. The summed E-state index contributed by atoms with van der Waals surface area (Å²) in [6.45, 7) is 1.24. The molecule has 1 saturated heterocycles. The van der Waals surface area contributed by atoms with Crippen LogP contribution in [0.15, 0.2) is 0 Å². The first-order valence-corrected chi connectivity index (χ1v) is 6.97. The molecule has 6 heavy (non-hydrogen) atoms. The molecule has 0 amide bonds. The molecule has 0 radical (unpaired) electrons. The van der Waals surface area contributed by atoms with Gasteiger partial charge in [-0.3, -0.25) is 0 Å². The molecule has 1 rings (SSSR count). The molecule has 0 atom stereocenters. The fourth-order valence-corrected chi connectivity index (χ4v) is 4.09. The monoisotopic (exact) mass is 216 g/mol. The van der Waals surface area contributed by atoms with Crippen molar-refractivity contribution in [2.45, 2.75) is 0 Å². The third-order valence-electron chi connectivity index (χ3n) is 0.582. The number of halogens is 1. The first kappa shape index (κ1) is 5.18. The summed E-state index contributed by atoms with van der Waals surface area (Å²) in [5, 5.41) is 3.31. The zero-order chi connectivity index (χ0) is 4.24. The molecule has 1 heterocycles. The van der Waals surface area contributed by atoms with E-state index in [4.69, 9.17) is 0 Å². The van der Waals surface area contributed by atoms with E-state index < -0.39 is 0 Å². The number of rotatable bonds is 0. The third kappa shape index (κ3) is 1.66. The van der Waals surface area contributed by atoms with Gasteiger partial charge in [0, 0.05) is 0 Å². The second-order valence-corrected chi connectivity index (χ2v) is 6.40. The first-order chi connectivity index (χ1) is 3.00. The van der Waals surface area contributed by atoms with Crippen LogP contribution < -0.4 is 25.1 Å². The Morgan fingerprint density at radius 3 is 2.83 bits per heavy atom. The van der Waals surface area contributed by atoms with Gasteiger partial charge in [0.2, 0.25) is 0 Å². The average Bonchev–Trinajstić information content (AvgIpc) is 1.72. The minimum atomic E-state index is 0.520. The SMILES string of the molecule is C1CS[I-]CN1. The van der Waals surface area contributed by atoms with E-state index in [0.717, 1.165) is 0 Å². The van der Waals surface area contributed by atoms with E-state index in [1.165, 1.54) is 16.8 Å². The average molecular weight is 216 g/mol. The van der Waals surface area contributed by atoms with Crippen molar-refractivity contribution in [3.63, 3.8) is 0 Å². The van der Waals surface area contributed by atoms with Crippen molar-refractivity contribution < 1.29 is 19.8 Å². The molecule has 1 N–H and O–H groups in total. The van der Waals surface area contributed by atoms with Crippen LogP contribution in [-0.2, 0) is 0 Å². The number of alkyl halides is 1. The third-order valence-corrected chi connectivity index (χ3v) is 5.32. The van der Waals surface area contributed by atoms with Gasteiger partial charge in [0.1, 0.15) is 0 Å². The Hall–Kier alpha value is 1.04. The molecule has 0 saturated carbocycles. The number of nitrogens with one attached hydrogen (secondary N) is 1. The zero-order valence-electron chi connectivity index (χ0n) is 3.41. The van der Waals surface area contributed by atoms with E-state index in [2.05, 4.69) is 14.2 Å². The van der Waals surface area contributed by atoms with Crippen molar-refractivity contribution >= 4 is 8.93 Å². The van der Waals surface area contributed by atoms with Gasteiger partial charge in [-0.05, 0) is 0 Å². The van der Waals surface area contributed by atoms with Crippen LogP contribution in [0.4, 0.5) is 0 Å². The maximum absolute atomic E-state index is 3.31. The van der Waals surface area contributed by atoms with Crippen LogP contribution in [0.1, 0.15) is 0 Å². The van der Waals surface area contributed by atoms with E-state index in [-0.39, 0.29) is 0 Å². The Morgan fingerprint density at radius 1 is 1.67 bits per heavy atom. The summed E-state index contributed by atoms with van der Waals surface area (Å²) in [5.41, 5.74) is 0.